The summed E-state index contributed by atoms with van der Waals surface area (Å²) < 4.78 is 11.8. The molecule has 2 aromatic rings. The van der Waals surface area contributed by atoms with Crippen molar-refractivity contribution in [3.05, 3.63) is 41.9 Å². The van der Waals surface area contributed by atoms with Gasteiger partial charge in [0.05, 0.1) is 6.61 Å². The molecule has 0 aliphatic carbocycles. The van der Waals surface area contributed by atoms with E-state index in [9.17, 15) is 4.79 Å². The first-order valence-electron chi connectivity index (χ1n) is 5.63. The number of aromatic nitrogens is 3. The second-order valence-electron chi connectivity index (χ2n) is 3.55. The average Bonchev–Trinajstić information content (AvgIpc) is 2.92. The summed E-state index contributed by atoms with van der Waals surface area (Å²) in [6, 6.07) is 6.65. The van der Waals surface area contributed by atoms with E-state index in [2.05, 4.69) is 10.1 Å². The number of halogens is 1. The number of nitrogens with zero attached hydrogens (tertiary/aromatic N) is 3. The maximum atomic E-state index is 11.9. The molecular formula is C12H12ClN3O3. The SMILES string of the molecule is CCOC(=O)C(Oc1ccc(Cl)cc1)n1cncn1. The standard InChI is InChI=1S/C12H12ClN3O3/c1-2-18-12(17)11(16-8-14-7-15-16)19-10-5-3-9(13)4-6-10/h3-8,11H,2H2,1H3. The second-order valence-corrected chi connectivity index (χ2v) is 3.99. The van der Waals surface area contributed by atoms with Gasteiger partial charge in [-0.05, 0) is 31.2 Å². The summed E-state index contributed by atoms with van der Waals surface area (Å²) in [5, 5.41) is 4.47. The molecule has 0 saturated carbocycles. The minimum Gasteiger partial charge on any atom is -0.462 e. The highest BCUT2D eigenvalue weighted by Crippen LogP contribution is 2.20. The summed E-state index contributed by atoms with van der Waals surface area (Å²) in [6.45, 7) is 1.98. The van der Waals surface area contributed by atoms with E-state index < -0.39 is 12.2 Å². The lowest BCUT2D eigenvalue weighted by atomic mass is 10.3. The fraction of sp³-hybridized carbons (Fsp3) is 0.250. The Morgan fingerprint density at radius 2 is 2.16 bits per heavy atom. The zero-order chi connectivity index (χ0) is 13.7. The van der Waals surface area contributed by atoms with Crippen LogP contribution in [0.4, 0.5) is 0 Å². The third kappa shape index (κ3) is 3.45. The quantitative estimate of drug-likeness (QED) is 0.785. The molecule has 0 aliphatic rings. The summed E-state index contributed by atoms with van der Waals surface area (Å²) in [7, 11) is 0. The van der Waals surface area contributed by atoms with E-state index in [-0.39, 0.29) is 6.61 Å². The predicted molar refractivity (Wildman–Crippen MR) is 67.8 cm³/mol. The number of hydrogen-bond acceptors (Lipinski definition) is 5. The monoisotopic (exact) mass is 281 g/mol. The van der Waals surface area contributed by atoms with Gasteiger partial charge in [-0.25, -0.2) is 14.5 Å². The van der Waals surface area contributed by atoms with Gasteiger partial charge in [0.1, 0.15) is 18.4 Å². The molecule has 0 amide bonds. The highest BCUT2D eigenvalue weighted by molar-refractivity contribution is 6.30. The van der Waals surface area contributed by atoms with Crippen molar-refractivity contribution in [3.8, 4) is 5.75 Å². The van der Waals surface area contributed by atoms with Crippen LogP contribution >= 0.6 is 11.6 Å². The van der Waals surface area contributed by atoms with Crippen molar-refractivity contribution in [1.29, 1.82) is 0 Å². The lowest BCUT2D eigenvalue weighted by Crippen LogP contribution is -2.27. The van der Waals surface area contributed by atoms with E-state index in [1.807, 2.05) is 0 Å². The Bertz CT molecular complexity index is 528. The molecule has 100 valence electrons. The molecule has 0 saturated heterocycles. The fourth-order valence-corrected chi connectivity index (χ4v) is 1.53. The molecule has 1 aromatic heterocycles. The molecule has 0 radical (unpaired) electrons. The molecule has 19 heavy (non-hydrogen) atoms. The highest BCUT2D eigenvalue weighted by Gasteiger charge is 2.24. The highest BCUT2D eigenvalue weighted by atomic mass is 35.5. The zero-order valence-corrected chi connectivity index (χ0v) is 10.9. The predicted octanol–water partition coefficient (Wildman–Crippen LogP) is 2.07. The number of carbonyl (C=O) groups excluding carboxylic acids is 1. The molecule has 6 nitrogen and oxygen atoms in total. The van der Waals surface area contributed by atoms with Gasteiger partial charge in [0, 0.05) is 5.02 Å². The molecule has 2 rings (SSSR count). The normalized spacial score (nSPS) is 11.9. The van der Waals surface area contributed by atoms with Gasteiger partial charge in [-0.2, -0.15) is 5.10 Å². The van der Waals surface area contributed by atoms with Crippen LogP contribution in [0.25, 0.3) is 0 Å². The first kappa shape index (κ1) is 13.4. The smallest absolute Gasteiger partial charge is 0.371 e. The molecule has 7 heteroatoms. The molecule has 0 bridgehead atoms. The van der Waals surface area contributed by atoms with E-state index >= 15 is 0 Å². The maximum Gasteiger partial charge on any atom is 0.371 e. The van der Waals surface area contributed by atoms with Gasteiger partial charge >= 0.3 is 5.97 Å². The van der Waals surface area contributed by atoms with Crippen LogP contribution in [-0.4, -0.2) is 27.3 Å². The van der Waals surface area contributed by atoms with Crippen molar-refractivity contribution >= 4 is 17.6 Å². The lowest BCUT2D eigenvalue weighted by Gasteiger charge is -2.17. The summed E-state index contributed by atoms with van der Waals surface area (Å²) in [5.74, 6) is -0.0547. The number of benzene rings is 1. The van der Waals surface area contributed by atoms with Crippen LogP contribution in [0.15, 0.2) is 36.9 Å². The average molecular weight is 282 g/mol. The molecule has 0 aliphatic heterocycles. The van der Waals surface area contributed by atoms with Gasteiger partial charge in [-0.1, -0.05) is 11.6 Å². The largest absolute Gasteiger partial charge is 0.462 e. The van der Waals surface area contributed by atoms with Gasteiger partial charge in [0.25, 0.3) is 6.23 Å². The first-order valence-corrected chi connectivity index (χ1v) is 6.01. The molecule has 1 atom stereocenters. The van der Waals surface area contributed by atoms with Crippen molar-refractivity contribution < 1.29 is 14.3 Å². The Balaban J connectivity index is 2.18. The molecule has 0 spiro atoms. The van der Waals surface area contributed by atoms with E-state index in [1.165, 1.54) is 17.3 Å². The Labute approximate surface area is 114 Å². The zero-order valence-electron chi connectivity index (χ0n) is 10.2. The number of rotatable bonds is 5. The minimum atomic E-state index is -1.01. The van der Waals surface area contributed by atoms with Gasteiger partial charge in [-0.3, -0.25) is 0 Å². The van der Waals surface area contributed by atoms with Crippen LogP contribution in [0, 0.1) is 0 Å². The van der Waals surface area contributed by atoms with Crippen LogP contribution in [-0.2, 0) is 9.53 Å². The van der Waals surface area contributed by atoms with E-state index in [0.29, 0.717) is 10.8 Å². The molecule has 1 unspecified atom stereocenters. The van der Waals surface area contributed by atoms with E-state index in [4.69, 9.17) is 21.1 Å². The Morgan fingerprint density at radius 3 is 2.74 bits per heavy atom. The van der Waals surface area contributed by atoms with Gasteiger partial charge in [0.15, 0.2) is 0 Å². The van der Waals surface area contributed by atoms with E-state index in [1.54, 1.807) is 31.2 Å². The van der Waals surface area contributed by atoms with Crippen LogP contribution in [0.5, 0.6) is 5.75 Å². The molecule has 0 N–H and O–H groups in total. The van der Waals surface area contributed by atoms with Gasteiger partial charge in [-0.15, -0.1) is 0 Å². The number of carbonyl (C=O) groups is 1. The molecular weight excluding hydrogens is 270 g/mol. The van der Waals surface area contributed by atoms with Crippen molar-refractivity contribution in [2.24, 2.45) is 0 Å². The van der Waals surface area contributed by atoms with Crippen molar-refractivity contribution in [3.63, 3.8) is 0 Å². The number of hydrogen-bond donors (Lipinski definition) is 0. The molecule has 1 aromatic carbocycles. The summed E-state index contributed by atoms with van der Waals surface area (Å²) in [6.07, 6.45) is 1.69. The van der Waals surface area contributed by atoms with E-state index in [0.717, 1.165) is 0 Å². The molecule has 1 heterocycles. The third-order valence-electron chi connectivity index (χ3n) is 2.23. The Hall–Kier alpha value is -2.08. The molecule has 0 fully saturated rings. The van der Waals surface area contributed by atoms with Crippen molar-refractivity contribution in [2.45, 2.75) is 13.2 Å². The fourth-order valence-electron chi connectivity index (χ4n) is 1.40. The van der Waals surface area contributed by atoms with Crippen molar-refractivity contribution in [1.82, 2.24) is 14.8 Å². The third-order valence-corrected chi connectivity index (χ3v) is 2.48. The first-order chi connectivity index (χ1) is 9.20. The van der Waals surface area contributed by atoms with Crippen LogP contribution < -0.4 is 4.74 Å². The number of esters is 1. The summed E-state index contributed by atoms with van der Waals surface area (Å²) >= 11 is 5.79. The van der Waals surface area contributed by atoms with Crippen LogP contribution in [0.1, 0.15) is 13.2 Å². The van der Waals surface area contributed by atoms with Gasteiger partial charge < -0.3 is 9.47 Å². The second kappa shape index (κ2) is 6.19. The topological polar surface area (TPSA) is 66.2 Å². The van der Waals surface area contributed by atoms with Gasteiger partial charge in [0.2, 0.25) is 0 Å². The maximum absolute atomic E-state index is 11.9. The Kier molecular flexibility index (Phi) is 4.35. The summed E-state index contributed by atoms with van der Waals surface area (Å²) in [5.41, 5.74) is 0. The van der Waals surface area contributed by atoms with Crippen LogP contribution in [0.2, 0.25) is 5.02 Å². The van der Waals surface area contributed by atoms with Crippen molar-refractivity contribution in [2.75, 3.05) is 6.61 Å². The number of ether oxygens (including phenoxy) is 2. The van der Waals surface area contributed by atoms with Crippen LogP contribution in [0.3, 0.4) is 0 Å². The minimum absolute atomic E-state index is 0.258. The summed E-state index contributed by atoms with van der Waals surface area (Å²) in [4.78, 5) is 15.6. The Morgan fingerprint density at radius 1 is 1.42 bits per heavy atom. The lowest BCUT2D eigenvalue weighted by molar-refractivity contribution is -0.156.